The highest BCUT2D eigenvalue weighted by molar-refractivity contribution is 7.80. The molecule has 3 heteroatoms. The average Bonchev–Trinajstić information content (AvgIpc) is 2.27. The minimum atomic E-state index is -0.313. The zero-order valence-electron chi connectivity index (χ0n) is 8.49. The van der Waals surface area contributed by atoms with Gasteiger partial charge in [0, 0.05) is 5.56 Å². The minimum Gasteiger partial charge on any atom is -0.462 e. The molecule has 0 aliphatic heterocycles. The maximum Gasteiger partial charge on any atom is 0.338 e. The second-order valence-electron chi connectivity index (χ2n) is 2.76. The first-order chi connectivity index (χ1) is 7.27. The second-order valence-corrected chi connectivity index (χ2v) is 3.08. The van der Waals surface area contributed by atoms with E-state index in [1.165, 1.54) is 0 Å². The summed E-state index contributed by atoms with van der Waals surface area (Å²) in [6.07, 6.45) is 0. The third-order valence-electron chi connectivity index (χ3n) is 1.69. The second kappa shape index (κ2) is 6.15. The summed E-state index contributed by atoms with van der Waals surface area (Å²) in [7, 11) is 0. The van der Waals surface area contributed by atoms with Gasteiger partial charge in [0.05, 0.1) is 17.9 Å². The maximum absolute atomic E-state index is 11.4. The highest BCUT2D eigenvalue weighted by Crippen LogP contribution is 2.05. The lowest BCUT2D eigenvalue weighted by Gasteiger charge is -2.01. The monoisotopic (exact) mass is 220 g/mol. The first-order valence-corrected chi connectivity index (χ1v) is 5.28. The minimum absolute atomic E-state index is 0.313. The first kappa shape index (κ1) is 11.7. The van der Waals surface area contributed by atoms with Crippen molar-refractivity contribution in [2.45, 2.75) is 6.92 Å². The lowest BCUT2D eigenvalue weighted by molar-refractivity contribution is 0.0526. The number of carbonyl (C=O) groups is 1. The van der Waals surface area contributed by atoms with Crippen molar-refractivity contribution in [3.05, 3.63) is 35.4 Å². The molecular weight excluding hydrogens is 208 g/mol. The SMILES string of the molecule is CCOC(=O)c1cccc(C#CCS)c1. The van der Waals surface area contributed by atoms with Gasteiger partial charge in [-0.05, 0) is 25.1 Å². The van der Waals surface area contributed by atoms with E-state index in [1.54, 1.807) is 25.1 Å². The van der Waals surface area contributed by atoms with Gasteiger partial charge in [-0.15, -0.1) is 0 Å². The van der Waals surface area contributed by atoms with Crippen molar-refractivity contribution in [2.75, 3.05) is 12.4 Å². The summed E-state index contributed by atoms with van der Waals surface area (Å²) >= 11 is 3.99. The van der Waals surface area contributed by atoms with Crippen molar-refractivity contribution in [3.8, 4) is 11.8 Å². The van der Waals surface area contributed by atoms with E-state index < -0.39 is 0 Å². The Morgan fingerprint density at radius 1 is 1.53 bits per heavy atom. The Hall–Kier alpha value is -1.40. The third kappa shape index (κ3) is 3.69. The quantitative estimate of drug-likeness (QED) is 0.469. The van der Waals surface area contributed by atoms with Crippen molar-refractivity contribution >= 4 is 18.6 Å². The summed E-state index contributed by atoms with van der Waals surface area (Å²) in [5.74, 6) is 5.91. The number of rotatable bonds is 2. The number of hydrogen-bond donors (Lipinski definition) is 1. The molecule has 2 nitrogen and oxygen atoms in total. The fraction of sp³-hybridized carbons (Fsp3) is 0.250. The van der Waals surface area contributed by atoms with Crippen LogP contribution < -0.4 is 0 Å². The van der Waals surface area contributed by atoms with Gasteiger partial charge in [-0.1, -0.05) is 17.9 Å². The van der Waals surface area contributed by atoms with Gasteiger partial charge in [0.2, 0.25) is 0 Å². The van der Waals surface area contributed by atoms with E-state index in [-0.39, 0.29) is 5.97 Å². The fourth-order valence-corrected chi connectivity index (χ4v) is 1.16. The molecule has 0 radical (unpaired) electrons. The van der Waals surface area contributed by atoms with Gasteiger partial charge < -0.3 is 4.74 Å². The smallest absolute Gasteiger partial charge is 0.338 e. The number of hydrogen-bond acceptors (Lipinski definition) is 3. The van der Waals surface area contributed by atoms with Crippen LogP contribution in [0, 0.1) is 11.8 Å². The molecule has 0 aromatic heterocycles. The van der Waals surface area contributed by atoms with E-state index in [4.69, 9.17) is 4.74 Å². The predicted octanol–water partition coefficient (Wildman–Crippen LogP) is 2.14. The summed E-state index contributed by atoms with van der Waals surface area (Å²) in [5, 5.41) is 0. The van der Waals surface area contributed by atoms with E-state index in [2.05, 4.69) is 24.5 Å². The van der Waals surface area contributed by atoms with Gasteiger partial charge in [-0.25, -0.2) is 4.79 Å². The van der Waals surface area contributed by atoms with Crippen LogP contribution in [0.3, 0.4) is 0 Å². The number of ether oxygens (including phenoxy) is 1. The first-order valence-electron chi connectivity index (χ1n) is 4.65. The molecule has 0 bridgehead atoms. The van der Waals surface area contributed by atoms with Crippen LogP contribution in [-0.4, -0.2) is 18.3 Å². The molecule has 0 N–H and O–H groups in total. The molecule has 1 rings (SSSR count). The van der Waals surface area contributed by atoms with Crippen LogP contribution in [0.15, 0.2) is 24.3 Å². The molecule has 0 unspecified atom stereocenters. The Bertz CT molecular complexity index is 402. The van der Waals surface area contributed by atoms with E-state index >= 15 is 0 Å². The molecule has 0 heterocycles. The van der Waals surface area contributed by atoms with Crippen molar-refractivity contribution in [2.24, 2.45) is 0 Å². The molecular formula is C12H12O2S. The summed E-state index contributed by atoms with van der Waals surface area (Å²) in [4.78, 5) is 11.4. The number of carbonyl (C=O) groups excluding carboxylic acids is 1. The third-order valence-corrected chi connectivity index (χ3v) is 1.84. The molecule has 0 aliphatic rings. The molecule has 78 valence electrons. The van der Waals surface area contributed by atoms with Crippen molar-refractivity contribution in [1.29, 1.82) is 0 Å². The van der Waals surface area contributed by atoms with E-state index in [9.17, 15) is 4.79 Å². The number of esters is 1. The molecule has 0 saturated heterocycles. The van der Waals surface area contributed by atoms with Gasteiger partial charge in [0.1, 0.15) is 0 Å². The molecule has 1 aromatic rings. The molecule has 1 aromatic carbocycles. The van der Waals surface area contributed by atoms with Gasteiger partial charge in [0.25, 0.3) is 0 Å². The molecule has 0 atom stereocenters. The number of thiol groups is 1. The summed E-state index contributed by atoms with van der Waals surface area (Å²) in [6, 6.07) is 7.06. The van der Waals surface area contributed by atoms with Crippen LogP contribution >= 0.6 is 12.6 Å². The molecule has 0 amide bonds. The molecule has 0 spiro atoms. The topological polar surface area (TPSA) is 26.3 Å². The van der Waals surface area contributed by atoms with Crippen LogP contribution in [0.4, 0.5) is 0 Å². The largest absolute Gasteiger partial charge is 0.462 e. The highest BCUT2D eigenvalue weighted by Gasteiger charge is 2.05. The van der Waals surface area contributed by atoms with Crippen molar-refractivity contribution in [1.82, 2.24) is 0 Å². The van der Waals surface area contributed by atoms with Crippen LogP contribution in [0.25, 0.3) is 0 Å². The van der Waals surface area contributed by atoms with Crippen LogP contribution in [-0.2, 0) is 4.74 Å². The number of benzene rings is 1. The molecule has 15 heavy (non-hydrogen) atoms. The van der Waals surface area contributed by atoms with E-state index in [1.807, 2.05) is 6.07 Å². The summed E-state index contributed by atoms with van der Waals surface area (Å²) < 4.78 is 4.89. The normalized spacial score (nSPS) is 8.93. The van der Waals surface area contributed by atoms with Crippen molar-refractivity contribution in [3.63, 3.8) is 0 Å². The Morgan fingerprint density at radius 3 is 3.00 bits per heavy atom. The lowest BCUT2D eigenvalue weighted by atomic mass is 10.1. The lowest BCUT2D eigenvalue weighted by Crippen LogP contribution is -2.04. The maximum atomic E-state index is 11.4. The van der Waals surface area contributed by atoms with E-state index in [0.717, 1.165) is 5.56 Å². The van der Waals surface area contributed by atoms with Crippen LogP contribution in [0.1, 0.15) is 22.8 Å². The zero-order valence-corrected chi connectivity index (χ0v) is 9.38. The molecule has 0 aliphatic carbocycles. The standard InChI is InChI=1S/C12H12O2S/c1-2-14-12(13)11-7-3-5-10(9-11)6-4-8-15/h3,5,7,9,15H,2,8H2,1H3. The predicted molar refractivity (Wildman–Crippen MR) is 63.1 cm³/mol. The Morgan fingerprint density at radius 2 is 2.33 bits per heavy atom. The van der Waals surface area contributed by atoms with Crippen molar-refractivity contribution < 1.29 is 9.53 Å². The van der Waals surface area contributed by atoms with Gasteiger partial charge in [0.15, 0.2) is 0 Å². The summed E-state index contributed by atoms with van der Waals surface area (Å²) in [5.41, 5.74) is 1.33. The van der Waals surface area contributed by atoms with Gasteiger partial charge in [-0.2, -0.15) is 12.6 Å². The fourth-order valence-electron chi connectivity index (χ4n) is 1.08. The zero-order chi connectivity index (χ0) is 11.1. The van der Waals surface area contributed by atoms with Crippen LogP contribution in [0.5, 0.6) is 0 Å². The summed E-state index contributed by atoms with van der Waals surface area (Å²) in [6.45, 7) is 2.16. The Kier molecular flexibility index (Phi) is 4.79. The Balaban J connectivity index is 2.87. The Labute approximate surface area is 95.1 Å². The highest BCUT2D eigenvalue weighted by atomic mass is 32.1. The molecule has 0 saturated carbocycles. The van der Waals surface area contributed by atoms with Gasteiger partial charge >= 0.3 is 5.97 Å². The van der Waals surface area contributed by atoms with Gasteiger partial charge in [-0.3, -0.25) is 0 Å². The molecule has 0 fully saturated rings. The average molecular weight is 220 g/mol. The van der Waals surface area contributed by atoms with E-state index in [0.29, 0.717) is 17.9 Å². The van der Waals surface area contributed by atoms with Crippen LogP contribution in [0.2, 0.25) is 0 Å².